The SMILES string of the molecule is CCCCCCCCC/C=C/N(C)C. The van der Waals surface area contributed by atoms with Crippen LogP contribution in [0.5, 0.6) is 0 Å². The first kappa shape index (κ1) is 13.5. The Morgan fingerprint density at radius 2 is 1.43 bits per heavy atom. The van der Waals surface area contributed by atoms with Crippen molar-refractivity contribution in [2.45, 2.75) is 58.3 Å². The molecule has 0 aromatic heterocycles. The molecular formula is C13H27N. The first-order chi connectivity index (χ1) is 6.77. The van der Waals surface area contributed by atoms with E-state index in [1.807, 2.05) is 0 Å². The average molecular weight is 197 g/mol. The second-order valence-electron chi connectivity index (χ2n) is 4.26. The van der Waals surface area contributed by atoms with Crippen LogP contribution in [0.3, 0.4) is 0 Å². The molecule has 0 bridgehead atoms. The molecule has 0 spiro atoms. The second-order valence-corrected chi connectivity index (χ2v) is 4.26. The molecule has 0 aromatic carbocycles. The predicted octanol–water partition coefficient (Wildman–Crippen LogP) is 4.20. The molecule has 0 radical (unpaired) electrons. The van der Waals surface area contributed by atoms with Crippen LogP contribution in [0.2, 0.25) is 0 Å². The van der Waals surface area contributed by atoms with E-state index in [9.17, 15) is 0 Å². The lowest BCUT2D eigenvalue weighted by Crippen LogP contribution is -1.99. The van der Waals surface area contributed by atoms with Gasteiger partial charge in [0, 0.05) is 14.1 Å². The first-order valence-corrected chi connectivity index (χ1v) is 6.10. The van der Waals surface area contributed by atoms with Crippen molar-refractivity contribution in [2.24, 2.45) is 0 Å². The molecule has 0 saturated heterocycles. The zero-order chi connectivity index (χ0) is 10.6. The van der Waals surface area contributed by atoms with Gasteiger partial charge in [-0.15, -0.1) is 0 Å². The summed E-state index contributed by atoms with van der Waals surface area (Å²) < 4.78 is 0. The van der Waals surface area contributed by atoms with Crippen molar-refractivity contribution in [2.75, 3.05) is 14.1 Å². The van der Waals surface area contributed by atoms with Gasteiger partial charge in [-0.2, -0.15) is 0 Å². The normalized spacial score (nSPS) is 11.1. The minimum absolute atomic E-state index is 1.24. The number of allylic oxidation sites excluding steroid dienone is 1. The molecule has 0 saturated carbocycles. The molecule has 0 aliphatic heterocycles. The molecule has 0 heterocycles. The van der Waals surface area contributed by atoms with Crippen LogP contribution >= 0.6 is 0 Å². The van der Waals surface area contributed by atoms with Gasteiger partial charge in [0.1, 0.15) is 0 Å². The third-order valence-corrected chi connectivity index (χ3v) is 2.38. The molecule has 0 fully saturated rings. The Kier molecular flexibility index (Phi) is 10.3. The van der Waals surface area contributed by atoms with Crippen LogP contribution in [0, 0.1) is 0 Å². The summed E-state index contributed by atoms with van der Waals surface area (Å²) in [6.45, 7) is 2.27. The van der Waals surface area contributed by atoms with Crippen molar-refractivity contribution < 1.29 is 0 Å². The van der Waals surface area contributed by atoms with E-state index < -0.39 is 0 Å². The van der Waals surface area contributed by atoms with Crippen LogP contribution in [0.15, 0.2) is 12.3 Å². The van der Waals surface area contributed by atoms with E-state index >= 15 is 0 Å². The minimum Gasteiger partial charge on any atom is -0.384 e. The van der Waals surface area contributed by atoms with Gasteiger partial charge in [0.2, 0.25) is 0 Å². The summed E-state index contributed by atoms with van der Waals surface area (Å²) in [4.78, 5) is 2.10. The Hall–Kier alpha value is -0.460. The van der Waals surface area contributed by atoms with Crippen molar-refractivity contribution in [3.8, 4) is 0 Å². The number of hydrogen-bond donors (Lipinski definition) is 0. The zero-order valence-electron chi connectivity index (χ0n) is 10.3. The van der Waals surface area contributed by atoms with Crippen molar-refractivity contribution in [1.29, 1.82) is 0 Å². The monoisotopic (exact) mass is 197 g/mol. The maximum atomic E-state index is 2.27. The fourth-order valence-electron chi connectivity index (χ4n) is 1.50. The molecule has 0 atom stereocenters. The molecule has 0 aliphatic carbocycles. The van der Waals surface area contributed by atoms with Crippen LogP contribution < -0.4 is 0 Å². The van der Waals surface area contributed by atoms with E-state index in [1.54, 1.807) is 0 Å². The Labute approximate surface area is 90.2 Å². The first-order valence-electron chi connectivity index (χ1n) is 6.10. The number of unbranched alkanes of at least 4 members (excludes halogenated alkanes) is 7. The molecule has 0 aromatic rings. The van der Waals surface area contributed by atoms with Crippen molar-refractivity contribution >= 4 is 0 Å². The third-order valence-electron chi connectivity index (χ3n) is 2.38. The van der Waals surface area contributed by atoms with Gasteiger partial charge in [-0.1, -0.05) is 51.5 Å². The standard InChI is InChI=1S/C13H27N/c1-4-5-6-7-8-9-10-11-12-13-14(2)3/h12-13H,4-11H2,1-3H3/b13-12+. The smallest absolute Gasteiger partial charge is 0.00555 e. The summed E-state index contributed by atoms with van der Waals surface area (Å²) in [5, 5.41) is 0. The lowest BCUT2D eigenvalue weighted by Gasteiger charge is -2.03. The van der Waals surface area contributed by atoms with Gasteiger partial charge < -0.3 is 4.90 Å². The van der Waals surface area contributed by atoms with E-state index in [2.05, 4.69) is 38.2 Å². The van der Waals surface area contributed by atoms with Crippen LogP contribution in [-0.4, -0.2) is 19.0 Å². The highest BCUT2D eigenvalue weighted by atomic mass is 15.0. The van der Waals surface area contributed by atoms with Crippen molar-refractivity contribution in [1.82, 2.24) is 4.90 Å². The maximum Gasteiger partial charge on any atom is 0.00555 e. The summed E-state index contributed by atoms with van der Waals surface area (Å²) in [6.07, 6.45) is 15.5. The van der Waals surface area contributed by atoms with E-state index in [0.29, 0.717) is 0 Å². The topological polar surface area (TPSA) is 3.24 Å². The number of rotatable bonds is 9. The predicted molar refractivity (Wildman–Crippen MR) is 65.4 cm³/mol. The Morgan fingerprint density at radius 3 is 2.00 bits per heavy atom. The van der Waals surface area contributed by atoms with E-state index in [-0.39, 0.29) is 0 Å². The Bertz CT molecular complexity index is 127. The molecule has 1 heteroatoms. The van der Waals surface area contributed by atoms with Gasteiger partial charge in [-0.05, 0) is 19.0 Å². The highest BCUT2D eigenvalue weighted by Gasteiger charge is 1.89. The quantitative estimate of drug-likeness (QED) is 0.501. The molecule has 84 valence electrons. The van der Waals surface area contributed by atoms with Gasteiger partial charge in [0.25, 0.3) is 0 Å². The molecule has 1 nitrogen and oxygen atoms in total. The van der Waals surface area contributed by atoms with Gasteiger partial charge >= 0.3 is 0 Å². The summed E-state index contributed by atoms with van der Waals surface area (Å²) in [5.41, 5.74) is 0. The van der Waals surface area contributed by atoms with Gasteiger partial charge in [0.05, 0.1) is 0 Å². The Balaban J connectivity index is 2.99. The van der Waals surface area contributed by atoms with E-state index in [4.69, 9.17) is 0 Å². The summed E-state index contributed by atoms with van der Waals surface area (Å²) in [5.74, 6) is 0. The fraction of sp³-hybridized carbons (Fsp3) is 0.846. The number of hydrogen-bond acceptors (Lipinski definition) is 1. The molecule has 14 heavy (non-hydrogen) atoms. The summed E-state index contributed by atoms with van der Waals surface area (Å²) in [7, 11) is 4.14. The molecule has 0 aliphatic rings. The molecule has 0 amide bonds. The largest absolute Gasteiger partial charge is 0.384 e. The van der Waals surface area contributed by atoms with Gasteiger partial charge in [-0.25, -0.2) is 0 Å². The average Bonchev–Trinajstić information content (AvgIpc) is 2.15. The second kappa shape index (κ2) is 10.6. The summed E-state index contributed by atoms with van der Waals surface area (Å²) in [6, 6.07) is 0. The highest BCUT2D eigenvalue weighted by molar-refractivity contribution is 4.78. The van der Waals surface area contributed by atoms with Crippen LogP contribution in [0.1, 0.15) is 58.3 Å². The van der Waals surface area contributed by atoms with Crippen LogP contribution in [0.25, 0.3) is 0 Å². The third kappa shape index (κ3) is 11.5. The van der Waals surface area contributed by atoms with Crippen molar-refractivity contribution in [3.05, 3.63) is 12.3 Å². The van der Waals surface area contributed by atoms with E-state index in [0.717, 1.165) is 0 Å². The molecule has 0 N–H and O–H groups in total. The fourth-order valence-corrected chi connectivity index (χ4v) is 1.50. The minimum atomic E-state index is 1.24. The maximum absolute atomic E-state index is 2.27. The highest BCUT2D eigenvalue weighted by Crippen LogP contribution is 2.08. The number of nitrogens with zero attached hydrogens (tertiary/aromatic N) is 1. The molecule has 0 unspecified atom stereocenters. The zero-order valence-corrected chi connectivity index (χ0v) is 10.3. The summed E-state index contributed by atoms with van der Waals surface area (Å²) >= 11 is 0. The van der Waals surface area contributed by atoms with E-state index in [1.165, 1.54) is 51.4 Å². The van der Waals surface area contributed by atoms with Gasteiger partial charge in [-0.3, -0.25) is 0 Å². The lowest BCUT2D eigenvalue weighted by molar-refractivity contribution is 0.556. The Morgan fingerprint density at radius 1 is 0.857 bits per heavy atom. The van der Waals surface area contributed by atoms with Crippen molar-refractivity contribution in [3.63, 3.8) is 0 Å². The lowest BCUT2D eigenvalue weighted by atomic mass is 10.1. The van der Waals surface area contributed by atoms with Gasteiger partial charge in [0.15, 0.2) is 0 Å². The van der Waals surface area contributed by atoms with Crippen LogP contribution in [0.4, 0.5) is 0 Å². The molecule has 0 rings (SSSR count). The van der Waals surface area contributed by atoms with Crippen LogP contribution in [-0.2, 0) is 0 Å². The molecular weight excluding hydrogens is 170 g/mol.